The third kappa shape index (κ3) is 29.1. The number of unbranched alkanes of at least 4 members (excludes halogenated alkanes) is 2. The number of carbonyl (C=O) groups is 12. The van der Waals surface area contributed by atoms with Crippen LogP contribution in [0, 0.1) is 11.8 Å². The largest absolute Gasteiger partial charge is 0.480 e. The van der Waals surface area contributed by atoms with E-state index >= 15 is 0 Å². The van der Waals surface area contributed by atoms with Crippen molar-refractivity contribution in [2.24, 2.45) is 23.3 Å². The molecule has 4 heterocycles. The van der Waals surface area contributed by atoms with Crippen LogP contribution >= 0.6 is 0 Å². The molecule has 30 nitrogen and oxygen atoms in total. The smallest absolute Gasteiger partial charge is 0.326 e. The van der Waals surface area contributed by atoms with E-state index in [1.165, 1.54) is 19.6 Å². The van der Waals surface area contributed by atoms with Crippen LogP contribution in [0.15, 0.2) is 0 Å². The van der Waals surface area contributed by atoms with Crippen LogP contribution in [0.25, 0.3) is 0 Å². The molecule has 12 atom stereocenters. The molecule has 4 aliphatic rings. The number of nitrogens with zero attached hydrogens (tertiary/aromatic N) is 4. The van der Waals surface area contributed by atoms with Crippen LogP contribution in [0.5, 0.6) is 0 Å². The summed E-state index contributed by atoms with van der Waals surface area (Å²) >= 11 is 0. The van der Waals surface area contributed by atoms with Gasteiger partial charge in [0, 0.05) is 26.2 Å². The zero-order chi connectivity index (χ0) is 69.9. The van der Waals surface area contributed by atoms with Crippen molar-refractivity contribution in [3.63, 3.8) is 0 Å². The minimum absolute atomic E-state index is 0.267. The summed E-state index contributed by atoms with van der Waals surface area (Å²) in [6, 6.07) is -8.68. The van der Waals surface area contributed by atoms with Gasteiger partial charge < -0.3 is 71.2 Å². The van der Waals surface area contributed by atoms with Gasteiger partial charge in [-0.15, -0.1) is 0 Å². The third-order valence-corrected chi connectivity index (χ3v) is 16.3. The molecule has 0 aromatic carbocycles. The molecule has 4 saturated heterocycles. The first-order chi connectivity index (χ1) is 43.3. The molecule has 0 spiro atoms. The Labute approximate surface area is 541 Å². The van der Waals surface area contributed by atoms with E-state index in [-0.39, 0.29) is 42.8 Å². The molecule has 4 fully saturated rings. The quantitative estimate of drug-likeness (QED) is 0.0315. The van der Waals surface area contributed by atoms with Crippen LogP contribution in [0.2, 0.25) is 0 Å². The average molecular weight is 1320 g/mol. The molecule has 0 aromatic rings. The van der Waals surface area contributed by atoms with Gasteiger partial charge in [-0.3, -0.25) is 59.6 Å². The highest BCUT2D eigenvalue weighted by Crippen LogP contribution is 2.23. The van der Waals surface area contributed by atoms with E-state index in [0.29, 0.717) is 135 Å². The Morgan fingerprint density at radius 1 is 0.380 bits per heavy atom. The summed E-state index contributed by atoms with van der Waals surface area (Å²) in [6.07, 6.45) is 10.9. The molecule has 0 aromatic heterocycles. The maximum Gasteiger partial charge on any atom is 0.326 e. The highest BCUT2D eigenvalue weighted by atomic mass is 16.5. The van der Waals surface area contributed by atoms with E-state index in [0.717, 1.165) is 32.1 Å². The number of hydrogen-bond acceptors (Lipinski definition) is 20. The Balaban J connectivity index is 0.000000614. The van der Waals surface area contributed by atoms with Crippen molar-refractivity contribution in [3.8, 4) is 0 Å². The monoisotopic (exact) mass is 1310 g/mol. The number of carboxylic acid groups (broad SMARTS) is 6. The summed E-state index contributed by atoms with van der Waals surface area (Å²) in [7, 11) is 0. The molecule has 30 heteroatoms. The molecule has 0 unspecified atom stereocenters. The van der Waals surface area contributed by atoms with Gasteiger partial charge in [0.1, 0.15) is 48.3 Å². The first kappa shape index (κ1) is 83.4. The van der Waals surface area contributed by atoms with E-state index < -0.39 is 114 Å². The predicted molar refractivity (Wildman–Crippen MR) is 338 cm³/mol. The molecular formula is C62H110N10O20. The summed E-state index contributed by atoms with van der Waals surface area (Å²) in [5.74, 6) is -7.24. The van der Waals surface area contributed by atoms with Crippen molar-refractivity contribution in [1.29, 1.82) is 0 Å². The van der Waals surface area contributed by atoms with Crippen molar-refractivity contribution in [2.75, 3.05) is 52.5 Å². The minimum Gasteiger partial charge on any atom is -0.480 e. The van der Waals surface area contributed by atoms with Gasteiger partial charge in [0.15, 0.2) is 0 Å². The average Bonchev–Trinajstić information content (AvgIpc) is 1.80. The number of esters is 2. The lowest BCUT2D eigenvalue weighted by Gasteiger charge is -2.28. The number of hydrogen-bond donors (Lipinski definition) is 12. The Kier molecular flexibility index (Phi) is 40.0. The van der Waals surface area contributed by atoms with E-state index in [1.807, 2.05) is 13.8 Å². The fraction of sp³-hybridized carbons (Fsp3) is 0.806. The molecule has 92 heavy (non-hydrogen) atoms. The van der Waals surface area contributed by atoms with Gasteiger partial charge in [0.2, 0.25) is 23.6 Å². The summed E-state index contributed by atoms with van der Waals surface area (Å²) in [5, 5.41) is 66.7. The number of amides is 4. The van der Waals surface area contributed by atoms with Crippen LogP contribution < -0.4 is 32.7 Å². The van der Waals surface area contributed by atoms with Gasteiger partial charge in [0.25, 0.3) is 0 Å². The van der Waals surface area contributed by atoms with Crippen LogP contribution in [-0.4, -0.2) is 247 Å². The maximum atomic E-state index is 12.6. The second kappa shape index (κ2) is 44.1. The number of aliphatic carboxylic acids is 6. The number of ether oxygens (including phenoxy) is 2. The zero-order valence-corrected chi connectivity index (χ0v) is 55.8. The summed E-state index contributed by atoms with van der Waals surface area (Å²) < 4.78 is 10.1. The highest BCUT2D eigenvalue weighted by molar-refractivity contribution is 5.90. The lowest BCUT2D eigenvalue weighted by molar-refractivity contribution is -0.150. The van der Waals surface area contributed by atoms with Crippen molar-refractivity contribution in [2.45, 2.75) is 257 Å². The normalized spacial score (nSPS) is 20.3. The molecule has 4 amide bonds. The maximum absolute atomic E-state index is 12.6. The summed E-state index contributed by atoms with van der Waals surface area (Å²) in [5.41, 5.74) is 10.9. The third-order valence-electron chi connectivity index (χ3n) is 16.3. The summed E-state index contributed by atoms with van der Waals surface area (Å²) in [6.45, 7) is 21.4. The SMILES string of the molecule is CC(C)CC[C@H](N[C@@H](C)C(=O)N1CCC[C@H]1C(=O)O)C(=O)O.CCOC(=O)[C@H](CCC(C)C)N[C@@H](C)C(=O)N1CCC[C@H]1C(=O)O.CCOC(=O)[C@H](CCCCN)N[C@@H](C)C(=O)N1CCC[C@H]1C(=O)O.C[C@H](N[C@@H](CCCCN)C(=O)O)C(=O)N1CCC[C@H]1C(=O)O. The Morgan fingerprint density at radius 2 is 0.620 bits per heavy atom. The van der Waals surface area contributed by atoms with Gasteiger partial charge >= 0.3 is 47.8 Å². The zero-order valence-electron chi connectivity index (χ0n) is 55.8. The van der Waals surface area contributed by atoms with Gasteiger partial charge in [-0.05, 0) is 169 Å². The number of rotatable bonds is 36. The lowest BCUT2D eigenvalue weighted by Crippen LogP contribution is -2.53. The number of carbonyl (C=O) groups excluding carboxylic acids is 6. The molecule has 528 valence electrons. The number of nitrogens with one attached hydrogen (secondary N) is 4. The Bertz CT molecular complexity index is 2370. The van der Waals surface area contributed by atoms with Crippen molar-refractivity contribution in [3.05, 3.63) is 0 Å². The van der Waals surface area contributed by atoms with Crippen LogP contribution in [0.4, 0.5) is 0 Å². The first-order valence-electron chi connectivity index (χ1n) is 32.7. The summed E-state index contributed by atoms with van der Waals surface area (Å²) in [4.78, 5) is 147. The molecular weight excluding hydrogens is 1200 g/mol. The Hall–Kier alpha value is -6.60. The van der Waals surface area contributed by atoms with Crippen LogP contribution in [0.3, 0.4) is 0 Å². The fourth-order valence-electron chi connectivity index (χ4n) is 11.2. The van der Waals surface area contributed by atoms with Gasteiger partial charge in [0.05, 0.1) is 37.4 Å². The second-order valence-corrected chi connectivity index (χ2v) is 24.6. The highest BCUT2D eigenvalue weighted by Gasteiger charge is 2.41. The minimum atomic E-state index is -1.02. The van der Waals surface area contributed by atoms with Crippen LogP contribution in [0.1, 0.15) is 185 Å². The number of nitrogens with two attached hydrogens (primary N) is 2. The van der Waals surface area contributed by atoms with E-state index in [1.54, 1.807) is 41.5 Å². The molecule has 0 saturated carbocycles. The lowest BCUT2D eigenvalue weighted by atomic mass is 10.0. The Morgan fingerprint density at radius 3 is 0.859 bits per heavy atom. The molecule has 4 aliphatic heterocycles. The molecule has 4 rings (SSSR count). The predicted octanol–water partition coefficient (Wildman–Crippen LogP) is 2.06. The van der Waals surface area contributed by atoms with E-state index in [9.17, 15) is 78.0 Å². The van der Waals surface area contributed by atoms with E-state index in [4.69, 9.17) is 31.2 Å². The molecule has 0 aliphatic carbocycles. The van der Waals surface area contributed by atoms with Crippen LogP contribution in [-0.2, 0) is 67.0 Å². The standard InChI is InChI=1S/C17H30N2O5.C16H29N3O5.C15H26N2O5.C14H25N3O5/c1-5-24-17(23)13(9-8-11(2)3)18-12(4)15(20)19-10-6-7-14(19)16(21)22;1-3-24-16(23)12(7-4-5-9-17)18-11(2)14(20)19-10-6-8-13(19)15(21)22;1-9(2)6-7-11(14(19)20)16-10(3)13(18)17-8-4-5-12(17)15(21)22;1-9(16-10(13(19)20)5-2-3-7-15)12(18)17-8-4-6-11(17)14(21)22/h11-14,18H,5-10H2,1-4H3,(H,21,22);11-13,18H,3-10,17H2,1-2H3,(H,21,22);9-12,16H,4-8H2,1-3H3,(H,19,20)(H,21,22);9-11,16H,2-8,15H2,1H3,(H,19,20)(H,21,22)/t12-,13-,14-;11-,12-,13-;10-,11-,12-;9-,10-,11-/m0000/s1. The number of likely N-dealkylation sites (tertiary alicyclic amines) is 4. The van der Waals surface area contributed by atoms with Gasteiger partial charge in [-0.1, -0.05) is 40.5 Å². The second-order valence-electron chi connectivity index (χ2n) is 24.6. The van der Waals surface area contributed by atoms with Crippen molar-refractivity contribution < 1.29 is 97.6 Å². The first-order valence-corrected chi connectivity index (χ1v) is 32.7. The molecule has 14 N–H and O–H groups in total. The van der Waals surface area contributed by atoms with Gasteiger partial charge in [-0.2, -0.15) is 0 Å². The van der Waals surface area contributed by atoms with Crippen molar-refractivity contribution >= 4 is 71.4 Å². The van der Waals surface area contributed by atoms with Gasteiger partial charge in [-0.25, -0.2) is 19.2 Å². The molecule has 0 radical (unpaired) electrons. The van der Waals surface area contributed by atoms with Crippen molar-refractivity contribution in [1.82, 2.24) is 40.9 Å². The van der Waals surface area contributed by atoms with E-state index in [2.05, 4.69) is 35.1 Å². The molecule has 0 bridgehead atoms. The number of carboxylic acids is 6. The topological polar surface area (TPSA) is 458 Å². The fourth-order valence-corrected chi connectivity index (χ4v) is 11.2.